The Morgan fingerprint density at radius 3 is 2.36 bits per heavy atom. The lowest BCUT2D eigenvalue weighted by molar-refractivity contribution is -0.142. The summed E-state index contributed by atoms with van der Waals surface area (Å²) in [5.41, 5.74) is 3.87. The Morgan fingerprint density at radius 2 is 1.75 bits per heavy atom. The summed E-state index contributed by atoms with van der Waals surface area (Å²) < 4.78 is 0. The van der Waals surface area contributed by atoms with E-state index in [-0.39, 0.29) is 17.5 Å². The van der Waals surface area contributed by atoms with Gasteiger partial charge in [-0.1, -0.05) is 17.3 Å². The molecule has 0 aromatic heterocycles. The van der Waals surface area contributed by atoms with Crippen LogP contribution in [0.25, 0.3) is 0 Å². The number of nitroso groups, excluding NO2 is 1. The Balaban J connectivity index is 1.46. The Bertz CT molecular complexity index is 832. The predicted molar refractivity (Wildman–Crippen MR) is 110 cm³/mol. The summed E-state index contributed by atoms with van der Waals surface area (Å²) in [7, 11) is 0. The van der Waals surface area contributed by atoms with Crippen molar-refractivity contribution in [1.29, 1.82) is 0 Å². The first-order chi connectivity index (χ1) is 13.4. The van der Waals surface area contributed by atoms with Crippen LogP contribution in [0.5, 0.6) is 0 Å². The third-order valence-electron chi connectivity index (χ3n) is 7.75. The average molecular weight is 379 g/mol. The number of hydrogen-bond acceptors (Lipinski definition) is 4. The molecule has 28 heavy (non-hydrogen) atoms. The van der Waals surface area contributed by atoms with Crippen LogP contribution in [0.2, 0.25) is 0 Å². The van der Waals surface area contributed by atoms with Crippen LogP contribution in [-0.4, -0.2) is 17.0 Å². The summed E-state index contributed by atoms with van der Waals surface area (Å²) in [6.07, 6.45) is 8.69. The van der Waals surface area contributed by atoms with Gasteiger partial charge in [0.25, 0.3) is 0 Å². The van der Waals surface area contributed by atoms with E-state index < -0.39 is 0 Å². The van der Waals surface area contributed by atoms with Crippen LogP contribution in [0.3, 0.4) is 0 Å². The van der Waals surface area contributed by atoms with E-state index in [9.17, 15) is 9.70 Å². The lowest BCUT2D eigenvalue weighted by Crippen LogP contribution is -2.50. The Hall–Kier alpha value is -1.84. The van der Waals surface area contributed by atoms with Gasteiger partial charge in [-0.3, -0.25) is 9.79 Å². The molecule has 4 fully saturated rings. The third-order valence-corrected chi connectivity index (χ3v) is 7.75. The van der Waals surface area contributed by atoms with E-state index in [0.717, 1.165) is 60.3 Å². The Kier molecular flexibility index (Phi) is 4.12. The highest BCUT2D eigenvalue weighted by atomic mass is 16.3. The van der Waals surface area contributed by atoms with Crippen molar-refractivity contribution >= 4 is 11.5 Å². The molecule has 0 radical (unpaired) electrons. The van der Waals surface area contributed by atoms with E-state index in [4.69, 9.17) is 4.99 Å². The highest BCUT2D eigenvalue weighted by Gasteiger charge is 2.54. The van der Waals surface area contributed by atoms with Gasteiger partial charge in [0.15, 0.2) is 0 Å². The molecule has 1 aliphatic heterocycles. The smallest absolute Gasteiger partial charge is 0.145 e. The maximum atomic E-state index is 13.6. The maximum absolute atomic E-state index is 13.6. The van der Waals surface area contributed by atoms with Crippen LogP contribution in [0.1, 0.15) is 75.5 Å². The zero-order valence-corrected chi connectivity index (χ0v) is 17.0. The number of carbonyl (C=O) groups excluding carboxylic acids is 1. The number of rotatable bonds is 5. The van der Waals surface area contributed by atoms with Crippen LogP contribution in [0, 0.1) is 28.1 Å². The van der Waals surface area contributed by atoms with E-state index in [1.807, 2.05) is 12.1 Å². The molecule has 4 bridgehead atoms. The Labute approximate surface area is 167 Å². The normalized spacial score (nSPS) is 34.6. The predicted octanol–water partition coefficient (Wildman–Crippen LogP) is 5.25. The first kappa shape index (κ1) is 18.2. The van der Waals surface area contributed by atoms with Crippen LogP contribution >= 0.6 is 0 Å². The number of ketones is 1. The molecule has 148 valence electrons. The minimum absolute atomic E-state index is 0.0824. The van der Waals surface area contributed by atoms with Gasteiger partial charge in [0.1, 0.15) is 12.3 Å². The highest BCUT2D eigenvalue weighted by molar-refractivity contribution is 6.13. The molecular weight excluding hydrogens is 348 g/mol. The van der Waals surface area contributed by atoms with Gasteiger partial charge in [-0.15, -0.1) is 0 Å². The molecular formula is C24H30N2O2. The fourth-order valence-electron chi connectivity index (χ4n) is 7.08. The summed E-state index contributed by atoms with van der Waals surface area (Å²) in [4.78, 5) is 29.4. The van der Waals surface area contributed by atoms with Crippen LogP contribution in [-0.2, 0) is 17.8 Å². The van der Waals surface area contributed by atoms with Crippen molar-refractivity contribution in [1.82, 2.24) is 0 Å². The number of carbonyl (C=O) groups is 1. The molecule has 6 rings (SSSR count). The fourth-order valence-corrected chi connectivity index (χ4v) is 7.08. The molecule has 0 atom stereocenters. The molecule has 4 nitrogen and oxygen atoms in total. The summed E-state index contributed by atoms with van der Waals surface area (Å²) in [6, 6.07) is 6.12. The lowest BCUT2D eigenvalue weighted by Gasteiger charge is -2.56. The minimum atomic E-state index is -0.186. The van der Waals surface area contributed by atoms with Gasteiger partial charge in [-0.05, 0) is 99.3 Å². The van der Waals surface area contributed by atoms with Gasteiger partial charge in [-0.25, -0.2) is 0 Å². The molecule has 0 unspecified atom stereocenters. The molecule has 0 spiro atoms. The number of nitrogens with zero attached hydrogens (tertiary/aromatic N) is 2. The number of hydrogen-bond donors (Lipinski definition) is 0. The number of aliphatic imine (C=N–C) groups is 1. The largest absolute Gasteiger partial charge is 0.299 e. The molecule has 4 aliphatic carbocycles. The van der Waals surface area contributed by atoms with Gasteiger partial charge in [0.05, 0.1) is 11.3 Å². The van der Waals surface area contributed by atoms with E-state index in [0.29, 0.717) is 12.2 Å². The molecule has 4 heteroatoms. The quantitative estimate of drug-likeness (QED) is 0.657. The Morgan fingerprint density at radius 1 is 1.11 bits per heavy atom. The molecule has 0 saturated heterocycles. The van der Waals surface area contributed by atoms with E-state index in [2.05, 4.69) is 25.1 Å². The van der Waals surface area contributed by atoms with Gasteiger partial charge < -0.3 is 0 Å². The lowest BCUT2D eigenvalue weighted by atomic mass is 9.48. The van der Waals surface area contributed by atoms with Crippen molar-refractivity contribution in [3.05, 3.63) is 39.8 Å². The second-order valence-corrected chi connectivity index (χ2v) is 10.6. The zero-order valence-electron chi connectivity index (χ0n) is 17.0. The van der Waals surface area contributed by atoms with Crippen molar-refractivity contribution in [3.8, 4) is 0 Å². The van der Waals surface area contributed by atoms with Crippen molar-refractivity contribution in [2.45, 2.75) is 77.3 Å². The molecule has 4 saturated carbocycles. The van der Waals surface area contributed by atoms with Gasteiger partial charge in [0, 0.05) is 11.8 Å². The molecule has 0 amide bonds. The maximum Gasteiger partial charge on any atom is 0.145 e. The summed E-state index contributed by atoms with van der Waals surface area (Å²) in [5.74, 6) is 2.75. The molecule has 1 aromatic carbocycles. The summed E-state index contributed by atoms with van der Waals surface area (Å²) in [6.45, 7) is 4.46. The average Bonchev–Trinajstić information content (AvgIpc) is 2.60. The van der Waals surface area contributed by atoms with E-state index >= 15 is 0 Å². The first-order valence-electron chi connectivity index (χ1n) is 10.9. The van der Waals surface area contributed by atoms with Crippen molar-refractivity contribution < 1.29 is 4.79 Å². The standard InChI is InChI=1S/C24H30N2O2/c1-23(2)13-19-4-3-15(14-25-28)8-20(19)21(26-23)9-22(27)24-10-16-5-17(11-24)7-18(6-16)12-24/h3-4,8,16-18H,5-7,9-14H2,1-2H3. The van der Waals surface area contributed by atoms with E-state index in [1.54, 1.807) is 0 Å². The fraction of sp³-hybridized carbons (Fsp3) is 0.667. The van der Waals surface area contributed by atoms with E-state index in [1.165, 1.54) is 24.8 Å². The van der Waals surface area contributed by atoms with Crippen molar-refractivity contribution in [2.24, 2.45) is 33.3 Å². The minimum Gasteiger partial charge on any atom is -0.299 e. The summed E-state index contributed by atoms with van der Waals surface area (Å²) >= 11 is 0. The van der Waals surface area contributed by atoms with Crippen LogP contribution in [0.4, 0.5) is 0 Å². The van der Waals surface area contributed by atoms with Gasteiger partial charge >= 0.3 is 0 Å². The molecule has 1 aromatic rings. The van der Waals surface area contributed by atoms with Crippen molar-refractivity contribution in [2.75, 3.05) is 0 Å². The van der Waals surface area contributed by atoms with Gasteiger partial charge in [0.2, 0.25) is 0 Å². The van der Waals surface area contributed by atoms with Gasteiger partial charge in [-0.2, -0.15) is 4.91 Å². The second-order valence-electron chi connectivity index (χ2n) is 10.6. The number of Topliss-reactive ketones (excluding diaryl/α,β-unsaturated/α-hetero) is 1. The topological polar surface area (TPSA) is 58.9 Å². The second kappa shape index (κ2) is 6.33. The molecule has 1 heterocycles. The number of benzene rings is 1. The molecule has 5 aliphatic rings. The third kappa shape index (κ3) is 3.05. The SMILES string of the molecule is CC1(C)Cc2ccc(CN=O)cc2C(CC(=O)C23CC4CC(CC(C4)C2)C3)=N1. The highest BCUT2D eigenvalue weighted by Crippen LogP contribution is 2.60. The monoisotopic (exact) mass is 378 g/mol. The number of fused-ring (bicyclic) bond motifs is 1. The first-order valence-corrected chi connectivity index (χ1v) is 10.9. The van der Waals surface area contributed by atoms with Crippen molar-refractivity contribution in [3.63, 3.8) is 0 Å². The zero-order chi connectivity index (χ0) is 19.5. The van der Waals surface area contributed by atoms with Crippen LogP contribution < -0.4 is 0 Å². The molecule has 0 N–H and O–H groups in total. The van der Waals surface area contributed by atoms with Crippen LogP contribution in [0.15, 0.2) is 28.4 Å². The summed E-state index contributed by atoms with van der Waals surface area (Å²) in [5, 5.41) is 3.04.